The van der Waals surface area contributed by atoms with E-state index in [1.165, 1.54) is 19.1 Å². The molecule has 8 heteroatoms. The summed E-state index contributed by atoms with van der Waals surface area (Å²) >= 11 is 0. The Morgan fingerprint density at radius 2 is 1.81 bits per heavy atom. The molecule has 26 heavy (non-hydrogen) atoms. The molecule has 2 N–H and O–H groups in total. The second kappa shape index (κ2) is 8.11. The third-order valence-corrected chi connectivity index (χ3v) is 3.68. The number of nitro groups is 1. The van der Waals surface area contributed by atoms with Crippen LogP contribution in [0.4, 0.5) is 17.1 Å². The van der Waals surface area contributed by atoms with Crippen LogP contribution >= 0.6 is 0 Å². The molecule has 136 valence electrons. The molecule has 1 atom stereocenters. The molecule has 0 aliphatic rings. The zero-order valence-electron chi connectivity index (χ0n) is 14.6. The van der Waals surface area contributed by atoms with Gasteiger partial charge in [0.15, 0.2) is 6.10 Å². The Hall–Kier alpha value is -3.42. The number of nitrogens with zero attached hydrogens (tertiary/aromatic N) is 1. The number of nitro benzene ring substituents is 1. The lowest BCUT2D eigenvalue weighted by Gasteiger charge is -2.15. The van der Waals surface area contributed by atoms with Crippen molar-refractivity contribution in [3.8, 4) is 0 Å². The monoisotopic (exact) mass is 357 g/mol. The Bertz CT molecular complexity index is 833. The van der Waals surface area contributed by atoms with Gasteiger partial charge in [0.05, 0.1) is 10.5 Å². The van der Waals surface area contributed by atoms with E-state index in [1.807, 2.05) is 19.1 Å². The van der Waals surface area contributed by atoms with Crippen molar-refractivity contribution >= 4 is 28.9 Å². The van der Waals surface area contributed by atoms with E-state index in [1.54, 1.807) is 19.2 Å². The summed E-state index contributed by atoms with van der Waals surface area (Å²) in [5, 5.41) is 16.3. The minimum absolute atomic E-state index is 0.0170. The van der Waals surface area contributed by atoms with Crippen molar-refractivity contribution in [2.45, 2.75) is 20.0 Å². The number of amides is 1. The van der Waals surface area contributed by atoms with Crippen LogP contribution in [0.5, 0.6) is 0 Å². The maximum atomic E-state index is 12.3. The molecule has 1 amide bonds. The average Bonchev–Trinajstić information content (AvgIpc) is 2.62. The number of hydrogen-bond acceptors (Lipinski definition) is 6. The Balaban J connectivity index is 2.10. The van der Waals surface area contributed by atoms with Gasteiger partial charge in [0, 0.05) is 30.6 Å². The third kappa shape index (κ3) is 4.56. The summed E-state index contributed by atoms with van der Waals surface area (Å²) in [6.07, 6.45) is -1.08. The predicted octanol–water partition coefficient (Wildman–Crippen LogP) is 3.13. The van der Waals surface area contributed by atoms with Crippen LogP contribution in [0.3, 0.4) is 0 Å². The van der Waals surface area contributed by atoms with Gasteiger partial charge in [0.2, 0.25) is 0 Å². The number of hydrogen-bond donors (Lipinski definition) is 2. The fraction of sp³-hybridized carbons (Fsp3) is 0.222. The number of rotatable bonds is 6. The van der Waals surface area contributed by atoms with Crippen molar-refractivity contribution in [2.75, 3.05) is 17.7 Å². The van der Waals surface area contributed by atoms with Crippen molar-refractivity contribution < 1.29 is 19.2 Å². The molecule has 0 radical (unpaired) electrons. The normalized spacial score (nSPS) is 11.3. The molecule has 0 bridgehead atoms. The molecule has 0 saturated carbocycles. The summed E-state index contributed by atoms with van der Waals surface area (Å²) in [7, 11) is 1.57. The van der Waals surface area contributed by atoms with Gasteiger partial charge >= 0.3 is 5.97 Å². The molecular weight excluding hydrogens is 338 g/mol. The van der Waals surface area contributed by atoms with Crippen LogP contribution in [0.25, 0.3) is 0 Å². The number of carbonyl (C=O) groups excluding carboxylic acids is 2. The number of anilines is 2. The van der Waals surface area contributed by atoms with Crippen LogP contribution in [0.2, 0.25) is 0 Å². The highest BCUT2D eigenvalue weighted by Crippen LogP contribution is 2.23. The molecule has 2 rings (SSSR count). The van der Waals surface area contributed by atoms with Crippen LogP contribution in [0.1, 0.15) is 22.8 Å². The number of benzene rings is 2. The number of non-ortho nitro benzene ring substituents is 1. The molecule has 0 saturated heterocycles. The van der Waals surface area contributed by atoms with Crippen molar-refractivity contribution in [3.63, 3.8) is 0 Å². The Labute approximate surface area is 150 Å². The van der Waals surface area contributed by atoms with Crippen molar-refractivity contribution in [3.05, 3.63) is 63.7 Å². The zero-order chi connectivity index (χ0) is 19.3. The van der Waals surface area contributed by atoms with Crippen LogP contribution in [-0.2, 0) is 9.53 Å². The molecule has 0 spiro atoms. The fourth-order valence-electron chi connectivity index (χ4n) is 2.19. The van der Waals surface area contributed by atoms with E-state index < -0.39 is 22.9 Å². The lowest BCUT2D eigenvalue weighted by molar-refractivity contribution is -0.384. The molecule has 0 aliphatic heterocycles. The molecule has 0 aromatic heterocycles. The largest absolute Gasteiger partial charge is 0.449 e. The van der Waals surface area contributed by atoms with E-state index in [-0.39, 0.29) is 11.3 Å². The predicted molar refractivity (Wildman–Crippen MR) is 97.3 cm³/mol. The third-order valence-electron chi connectivity index (χ3n) is 3.68. The Kier molecular flexibility index (Phi) is 5.90. The van der Waals surface area contributed by atoms with Gasteiger partial charge < -0.3 is 15.4 Å². The average molecular weight is 357 g/mol. The zero-order valence-corrected chi connectivity index (χ0v) is 14.6. The van der Waals surface area contributed by atoms with Crippen molar-refractivity contribution in [1.29, 1.82) is 0 Å². The molecule has 2 aromatic carbocycles. The molecule has 2 aromatic rings. The van der Waals surface area contributed by atoms with Gasteiger partial charge in [0.25, 0.3) is 11.6 Å². The van der Waals surface area contributed by atoms with E-state index in [2.05, 4.69) is 10.6 Å². The van der Waals surface area contributed by atoms with E-state index in [0.29, 0.717) is 11.4 Å². The number of esters is 1. The van der Waals surface area contributed by atoms with Crippen LogP contribution < -0.4 is 10.6 Å². The number of nitrogens with one attached hydrogen (secondary N) is 2. The molecular formula is C18H19N3O5. The second-order valence-corrected chi connectivity index (χ2v) is 5.64. The summed E-state index contributed by atoms with van der Waals surface area (Å²) in [6, 6.07) is 11.0. The van der Waals surface area contributed by atoms with E-state index in [9.17, 15) is 19.7 Å². The molecule has 0 heterocycles. The topological polar surface area (TPSA) is 111 Å². The van der Waals surface area contributed by atoms with Gasteiger partial charge in [-0.15, -0.1) is 0 Å². The highest BCUT2D eigenvalue weighted by atomic mass is 16.6. The van der Waals surface area contributed by atoms with Gasteiger partial charge in [-0.05, 0) is 32.0 Å². The van der Waals surface area contributed by atoms with Gasteiger partial charge in [-0.2, -0.15) is 0 Å². The quantitative estimate of drug-likeness (QED) is 0.467. The first-order chi connectivity index (χ1) is 12.3. The van der Waals surface area contributed by atoms with Crippen molar-refractivity contribution in [2.24, 2.45) is 0 Å². The maximum absolute atomic E-state index is 12.3. The number of ether oxygens (including phenoxy) is 1. The summed E-state index contributed by atoms with van der Waals surface area (Å²) in [5.74, 6) is -1.33. The highest BCUT2D eigenvalue weighted by Gasteiger charge is 2.23. The van der Waals surface area contributed by atoms with Crippen LogP contribution in [0, 0.1) is 17.0 Å². The van der Waals surface area contributed by atoms with Gasteiger partial charge in [-0.25, -0.2) is 4.79 Å². The first-order valence-corrected chi connectivity index (χ1v) is 7.86. The van der Waals surface area contributed by atoms with Crippen LogP contribution in [0.15, 0.2) is 42.5 Å². The minimum atomic E-state index is -1.08. The number of aryl methyl sites for hydroxylation is 1. The Morgan fingerprint density at radius 1 is 1.15 bits per heavy atom. The molecule has 0 fully saturated rings. The number of carbonyl (C=O) groups is 2. The standard InChI is InChI=1S/C18H19N3O5/c1-11-4-6-13(7-5-11)20-17(22)12(2)26-18(23)15-10-14(21(24)25)8-9-16(15)19-3/h4-10,12,19H,1-3H3,(H,20,22)/t12-/m1/s1. The minimum Gasteiger partial charge on any atom is -0.449 e. The molecule has 0 unspecified atom stereocenters. The van der Waals surface area contributed by atoms with E-state index in [4.69, 9.17) is 4.74 Å². The van der Waals surface area contributed by atoms with Crippen molar-refractivity contribution in [1.82, 2.24) is 0 Å². The molecule has 8 nitrogen and oxygen atoms in total. The summed E-state index contributed by atoms with van der Waals surface area (Å²) in [5.41, 5.74) is 1.73. The lowest BCUT2D eigenvalue weighted by atomic mass is 10.1. The summed E-state index contributed by atoms with van der Waals surface area (Å²) in [6.45, 7) is 3.35. The SMILES string of the molecule is CNc1ccc([N+](=O)[O-])cc1C(=O)O[C@H](C)C(=O)Nc1ccc(C)cc1. The summed E-state index contributed by atoms with van der Waals surface area (Å²) < 4.78 is 5.16. The second-order valence-electron chi connectivity index (χ2n) is 5.64. The van der Waals surface area contributed by atoms with Crippen LogP contribution in [-0.4, -0.2) is 30.0 Å². The van der Waals surface area contributed by atoms with E-state index >= 15 is 0 Å². The van der Waals surface area contributed by atoms with Gasteiger partial charge in [-0.3, -0.25) is 14.9 Å². The Morgan fingerprint density at radius 3 is 2.38 bits per heavy atom. The molecule has 0 aliphatic carbocycles. The van der Waals surface area contributed by atoms with Gasteiger partial charge in [-0.1, -0.05) is 17.7 Å². The maximum Gasteiger partial charge on any atom is 0.341 e. The first kappa shape index (κ1) is 18.9. The van der Waals surface area contributed by atoms with E-state index in [0.717, 1.165) is 11.6 Å². The summed E-state index contributed by atoms with van der Waals surface area (Å²) in [4.78, 5) is 34.8. The smallest absolute Gasteiger partial charge is 0.341 e. The lowest BCUT2D eigenvalue weighted by Crippen LogP contribution is -2.30. The first-order valence-electron chi connectivity index (χ1n) is 7.86. The highest BCUT2D eigenvalue weighted by molar-refractivity contribution is 6.00. The fourth-order valence-corrected chi connectivity index (χ4v) is 2.19. The van der Waals surface area contributed by atoms with Gasteiger partial charge in [0.1, 0.15) is 0 Å².